The molecule has 1 aromatic heterocycles. The minimum atomic E-state index is -4.34. The van der Waals surface area contributed by atoms with E-state index in [9.17, 15) is 27.7 Å². The minimum Gasteiger partial charge on any atom is -0.748 e. The van der Waals surface area contributed by atoms with Gasteiger partial charge in [-0.3, -0.25) is 9.59 Å². The van der Waals surface area contributed by atoms with Crippen LogP contribution in [-0.4, -0.2) is 180 Å². The number of nitrogens with one attached hydrogen (secondary N) is 2. The Morgan fingerprint density at radius 1 is 0.652 bits per heavy atom. The third-order valence-electron chi connectivity index (χ3n) is 10.9. The Morgan fingerprint density at radius 3 is 1.48 bits per heavy atom. The largest absolute Gasteiger partial charge is 0.748 e. The van der Waals surface area contributed by atoms with Gasteiger partial charge in [-0.15, -0.1) is 4.98 Å². The van der Waals surface area contributed by atoms with Crippen molar-refractivity contribution in [3.8, 4) is 23.5 Å². The number of ketones is 2. The molecule has 0 spiro atoms. The maximum Gasteiger partial charge on any atom is 0.324 e. The van der Waals surface area contributed by atoms with E-state index in [0.717, 1.165) is 0 Å². The summed E-state index contributed by atoms with van der Waals surface area (Å²) in [6.45, 7) is 13.6. The van der Waals surface area contributed by atoms with E-state index in [-0.39, 0.29) is 103 Å². The highest BCUT2D eigenvalue weighted by Gasteiger charge is 2.34. The number of halogens is 4. The van der Waals surface area contributed by atoms with Gasteiger partial charge in [0, 0.05) is 25.2 Å². The predicted octanol–water partition coefficient (Wildman–Crippen LogP) is 5.10. The molecule has 0 radical (unpaired) electrons. The summed E-state index contributed by atoms with van der Waals surface area (Å²) in [6.07, 6.45) is 0.759. The van der Waals surface area contributed by atoms with Crippen molar-refractivity contribution in [2.75, 3.05) is 146 Å². The monoisotopic (exact) mass is 1240 g/mol. The number of hydrogen-bond acceptors (Lipinski definition) is 20. The van der Waals surface area contributed by atoms with Gasteiger partial charge in [0.15, 0.2) is 0 Å². The Bertz CT molecular complexity index is 2320. The molecule has 1 saturated heterocycles. The maximum absolute atomic E-state index is 12.5. The number of aromatic nitrogens is 3. The van der Waals surface area contributed by atoms with E-state index in [0.29, 0.717) is 133 Å². The second kappa shape index (κ2) is 26.2. The van der Waals surface area contributed by atoms with E-state index in [1.54, 1.807) is 12.1 Å². The summed E-state index contributed by atoms with van der Waals surface area (Å²) in [6, 6.07) is 3.57. The van der Waals surface area contributed by atoms with Crippen molar-refractivity contribution >= 4 is 103 Å². The van der Waals surface area contributed by atoms with Crippen LogP contribution in [0.3, 0.4) is 0 Å². The van der Waals surface area contributed by atoms with Gasteiger partial charge >= 0.3 is 12.0 Å². The highest BCUT2D eigenvalue weighted by atomic mass is 79.9. The molecule has 3 N–H and O–H groups in total. The lowest BCUT2D eigenvalue weighted by Gasteiger charge is -2.45. The lowest BCUT2D eigenvalue weighted by Crippen LogP contribution is -2.61. The lowest BCUT2D eigenvalue weighted by molar-refractivity contribution is -0.928. The molecule has 4 heterocycles. The zero-order valence-electron chi connectivity index (χ0n) is 37.5. The molecule has 26 heteroatoms. The minimum absolute atomic E-state index is 0.00351. The van der Waals surface area contributed by atoms with Crippen molar-refractivity contribution in [3.63, 3.8) is 0 Å². The van der Waals surface area contributed by atoms with Crippen molar-refractivity contribution in [1.82, 2.24) is 15.0 Å². The lowest BCUT2D eigenvalue weighted by atomic mass is 10.1. The highest BCUT2D eigenvalue weighted by Crippen LogP contribution is 2.45. The third-order valence-corrected chi connectivity index (χ3v) is 14.4. The van der Waals surface area contributed by atoms with Crippen molar-refractivity contribution in [2.45, 2.75) is 12.8 Å². The summed E-state index contributed by atoms with van der Waals surface area (Å²) >= 11 is 13.9. The number of fused-ring (bicyclic) bond motifs is 2. The highest BCUT2D eigenvalue weighted by molar-refractivity contribution is 9.11. The number of quaternary nitrogens is 1. The van der Waals surface area contributed by atoms with Crippen LogP contribution in [0.4, 0.5) is 17.3 Å². The molecule has 0 saturated carbocycles. The van der Waals surface area contributed by atoms with E-state index in [4.69, 9.17) is 37.9 Å². The molecule has 1 fully saturated rings. The standard InChI is InChI=1S/C43H53Br4N7O14S/c1-27-37(56)33-31(48-27)25-29(44)39(35(33)46)65-20-16-61-12-14-63-18-22-67-42-50-41(53-5-9-54(10-6-53,7-3-11-55)8-4-24-69(58,59)60)51-43(52-42)68-23-19-64-15-13-62-17-21-66-40-30(45)26-32-34(36(40)47)38(57)28(2)49-32/h25-26,55H,1-24H2,(H2-,48,49,56,57,58,59,60). The first-order valence-electron chi connectivity index (χ1n) is 21.9. The Labute approximate surface area is 433 Å². The number of Topliss-reactive ketones (excluding diaryl/α,β-unsaturated/α-hetero) is 2. The van der Waals surface area contributed by atoms with Crippen molar-refractivity contribution in [2.24, 2.45) is 0 Å². The van der Waals surface area contributed by atoms with Crippen LogP contribution in [-0.2, 0) is 29.1 Å². The van der Waals surface area contributed by atoms with E-state index in [1.165, 1.54) is 0 Å². The molecule has 0 atom stereocenters. The van der Waals surface area contributed by atoms with Crippen molar-refractivity contribution < 1.29 is 70.0 Å². The van der Waals surface area contributed by atoms with Crippen LogP contribution in [0.5, 0.6) is 23.5 Å². The number of piperazine rings is 1. The number of ether oxygens (including phenoxy) is 8. The number of hydrogen-bond donors (Lipinski definition) is 3. The van der Waals surface area contributed by atoms with Crippen LogP contribution >= 0.6 is 63.7 Å². The first-order valence-corrected chi connectivity index (χ1v) is 26.6. The van der Waals surface area contributed by atoms with Gasteiger partial charge in [-0.25, -0.2) is 8.42 Å². The van der Waals surface area contributed by atoms with Crippen molar-refractivity contribution in [1.29, 1.82) is 0 Å². The summed E-state index contributed by atoms with van der Waals surface area (Å²) in [5, 5.41) is 15.5. The number of allylic oxidation sites excluding steroid dienone is 2. The number of benzene rings is 2. The molecule has 3 aliphatic heterocycles. The first kappa shape index (κ1) is 54.8. The van der Waals surface area contributed by atoms with Gasteiger partial charge in [-0.2, -0.15) is 9.97 Å². The smallest absolute Gasteiger partial charge is 0.324 e. The first-order chi connectivity index (χ1) is 33.1. The van der Waals surface area contributed by atoms with E-state index in [1.807, 2.05) is 4.90 Å². The molecular formula is C43H53Br4N7O14S. The quantitative estimate of drug-likeness (QED) is 0.0340. The molecule has 0 amide bonds. The second-order valence-electron chi connectivity index (χ2n) is 15.7. The van der Waals surface area contributed by atoms with Crippen LogP contribution in [0.1, 0.15) is 33.6 Å². The molecule has 0 aliphatic carbocycles. The van der Waals surface area contributed by atoms with Gasteiger partial charge in [0.1, 0.15) is 37.9 Å². The van der Waals surface area contributed by atoms with Gasteiger partial charge < -0.3 is 67.6 Å². The topological polar surface area (TPSA) is 251 Å². The number of anilines is 3. The molecule has 69 heavy (non-hydrogen) atoms. The van der Waals surface area contributed by atoms with E-state index < -0.39 is 15.9 Å². The van der Waals surface area contributed by atoms with Crippen LogP contribution in [0.25, 0.3) is 0 Å². The zero-order chi connectivity index (χ0) is 49.6. The number of carbonyl (C=O) groups excluding carboxylic acids is 2. The number of carbonyl (C=O) groups is 2. The van der Waals surface area contributed by atoms with Crippen LogP contribution < -0.4 is 34.5 Å². The average Bonchev–Trinajstić information content (AvgIpc) is 3.76. The number of aliphatic hydroxyl groups is 1. The van der Waals surface area contributed by atoms with Gasteiger partial charge in [0.25, 0.3) is 0 Å². The molecule has 0 unspecified atom stereocenters. The molecule has 3 aromatic rings. The summed E-state index contributed by atoms with van der Waals surface area (Å²) < 4.78 is 83.1. The fraction of sp³-hybridized carbons (Fsp3) is 0.512. The Morgan fingerprint density at radius 2 is 1.06 bits per heavy atom. The average molecular weight is 1240 g/mol. The second-order valence-corrected chi connectivity index (χ2v) is 20.5. The summed E-state index contributed by atoms with van der Waals surface area (Å²) in [7, 11) is -4.34. The fourth-order valence-corrected chi connectivity index (χ4v) is 11.1. The SMILES string of the molecule is C=C1Nc2cc(Br)c(OCCOCCOCCOc3nc(OCCOCCOCCOc4c(Br)cc5c(c4Br)C(=O)C(=C)N5)nc(N4CC[N+](CCCO)(CCCS(=O)(=O)[O-])CC4)n3)c(Br)c2C1=O. The van der Waals surface area contributed by atoms with Gasteiger partial charge in [-0.05, 0) is 75.9 Å². The van der Waals surface area contributed by atoms with Gasteiger partial charge in [-0.1, -0.05) is 13.2 Å². The molecule has 0 bridgehead atoms. The normalized spacial score (nSPS) is 15.2. The van der Waals surface area contributed by atoms with Crippen LogP contribution in [0.15, 0.2) is 54.6 Å². The van der Waals surface area contributed by atoms with Crippen molar-refractivity contribution in [3.05, 3.63) is 65.7 Å². The predicted molar refractivity (Wildman–Crippen MR) is 266 cm³/mol. The number of rotatable bonds is 30. The summed E-state index contributed by atoms with van der Waals surface area (Å²) in [5.41, 5.74) is 2.81. The molecule has 21 nitrogen and oxygen atoms in total. The maximum atomic E-state index is 12.5. The van der Waals surface area contributed by atoms with E-state index in [2.05, 4.69) is 102 Å². The van der Waals surface area contributed by atoms with Gasteiger partial charge in [0.05, 0.1) is 154 Å². The fourth-order valence-electron chi connectivity index (χ4n) is 7.51. The number of nitrogens with zero attached hydrogens (tertiary/aromatic N) is 5. The number of aliphatic hydroxyl groups excluding tert-OH is 1. The molecule has 378 valence electrons. The van der Waals surface area contributed by atoms with Gasteiger partial charge in [0.2, 0.25) is 17.5 Å². The molecule has 2 aromatic carbocycles. The summed E-state index contributed by atoms with van der Waals surface area (Å²) in [4.78, 5) is 40.4. The Balaban J connectivity index is 0.932. The molecule has 6 rings (SSSR count). The third kappa shape index (κ3) is 15.5. The Kier molecular flexibility index (Phi) is 20.8. The van der Waals surface area contributed by atoms with E-state index >= 15 is 0 Å². The zero-order valence-corrected chi connectivity index (χ0v) is 44.7. The molecule has 3 aliphatic rings. The van der Waals surface area contributed by atoms with Crippen LogP contribution in [0, 0.1) is 0 Å². The molecular weight excluding hydrogens is 1190 g/mol. The Hall–Kier alpha value is -3.54. The van der Waals surface area contributed by atoms with Crippen LogP contribution in [0.2, 0.25) is 0 Å². The summed E-state index contributed by atoms with van der Waals surface area (Å²) in [5.74, 6) is 0.446.